The lowest BCUT2D eigenvalue weighted by Crippen LogP contribution is -2.22. The number of benzene rings is 2. The van der Waals surface area contributed by atoms with Crippen molar-refractivity contribution < 1.29 is 14.6 Å². The van der Waals surface area contributed by atoms with E-state index in [0.29, 0.717) is 10.8 Å². The first-order valence-corrected chi connectivity index (χ1v) is 6.71. The maximum atomic E-state index is 10.7. The minimum atomic E-state index is -0.997. The SMILES string of the molecule is C[C@H](Oc1ccc(C=Nc2ccc(Cl)cc2)cc1)C(=O)O. The number of carboxylic acids is 1. The van der Waals surface area contributed by atoms with Crippen LogP contribution in [0.5, 0.6) is 5.75 Å². The summed E-state index contributed by atoms with van der Waals surface area (Å²) in [5.41, 5.74) is 1.69. The summed E-state index contributed by atoms with van der Waals surface area (Å²) in [5, 5.41) is 9.44. The number of rotatable bonds is 5. The second-order valence-corrected chi connectivity index (χ2v) is 4.84. The van der Waals surface area contributed by atoms with Crippen LogP contribution >= 0.6 is 11.6 Å². The Bertz CT molecular complexity index is 636. The van der Waals surface area contributed by atoms with Gasteiger partial charge in [-0.25, -0.2) is 4.79 Å². The van der Waals surface area contributed by atoms with Crippen LogP contribution in [0.25, 0.3) is 0 Å². The quantitative estimate of drug-likeness (QED) is 0.851. The van der Waals surface area contributed by atoms with E-state index in [9.17, 15) is 4.79 Å². The Morgan fingerprint density at radius 2 is 1.81 bits per heavy atom. The van der Waals surface area contributed by atoms with Crippen molar-refractivity contribution >= 4 is 29.5 Å². The lowest BCUT2D eigenvalue weighted by molar-refractivity contribution is -0.144. The van der Waals surface area contributed by atoms with Crippen molar-refractivity contribution in [2.75, 3.05) is 0 Å². The summed E-state index contributed by atoms with van der Waals surface area (Å²) in [5.74, 6) is -0.489. The molecule has 0 saturated heterocycles. The lowest BCUT2D eigenvalue weighted by Gasteiger charge is -2.09. The molecule has 108 valence electrons. The Morgan fingerprint density at radius 3 is 2.38 bits per heavy atom. The van der Waals surface area contributed by atoms with Gasteiger partial charge in [-0.15, -0.1) is 0 Å². The minimum absolute atomic E-state index is 0.508. The number of hydrogen-bond donors (Lipinski definition) is 1. The highest BCUT2D eigenvalue weighted by Crippen LogP contribution is 2.17. The molecule has 0 saturated carbocycles. The summed E-state index contributed by atoms with van der Waals surface area (Å²) < 4.78 is 5.25. The monoisotopic (exact) mass is 303 g/mol. The Hall–Kier alpha value is -2.33. The van der Waals surface area contributed by atoms with Crippen LogP contribution in [0.4, 0.5) is 5.69 Å². The average Bonchev–Trinajstić information content (AvgIpc) is 2.48. The van der Waals surface area contributed by atoms with E-state index in [2.05, 4.69) is 4.99 Å². The molecule has 0 aromatic heterocycles. The van der Waals surface area contributed by atoms with E-state index in [-0.39, 0.29) is 0 Å². The number of halogens is 1. The third-order valence-corrected chi connectivity index (χ3v) is 2.98. The van der Waals surface area contributed by atoms with Gasteiger partial charge in [-0.3, -0.25) is 4.99 Å². The van der Waals surface area contributed by atoms with Crippen molar-refractivity contribution in [3.63, 3.8) is 0 Å². The van der Waals surface area contributed by atoms with Crippen LogP contribution in [0.2, 0.25) is 5.02 Å². The summed E-state index contributed by atoms with van der Waals surface area (Å²) in [7, 11) is 0. The molecule has 0 spiro atoms. The summed E-state index contributed by atoms with van der Waals surface area (Å²) in [6.07, 6.45) is 0.840. The molecular weight excluding hydrogens is 290 g/mol. The van der Waals surface area contributed by atoms with Gasteiger partial charge in [0.1, 0.15) is 5.75 Å². The van der Waals surface area contributed by atoms with Crippen LogP contribution in [0.15, 0.2) is 53.5 Å². The molecule has 0 aliphatic rings. The molecule has 0 heterocycles. The lowest BCUT2D eigenvalue weighted by atomic mass is 10.2. The number of ether oxygens (including phenoxy) is 1. The number of carbonyl (C=O) groups is 1. The van der Waals surface area contributed by atoms with Gasteiger partial charge in [0.15, 0.2) is 6.10 Å². The zero-order valence-electron chi connectivity index (χ0n) is 11.4. The molecule has 2 aromatic carbocycles. The smallest absolute Gasteiger partial charge is 0.344 e. The molecule has 0 aliphatic heterocycles. The van der Waals surface area contributed by atoms with Gasteiger partial charge in [-0.2, -0.15) is 0 Å². The average molecular weight is 304 g/mol. The van der Waals surface area contributed by atoms with E-state index in [4.69, 9.17) is 21.4 Å². The predicted molar refractivity (Wildman–Crippen MR) is 82.9 cm³/mol. The molecule has 5 heteroatoms. The zero-order chi connectivity index (χ0) is 15.2. The molecular formula is C16H14ClNO3. The van der Waals surface area contributed by atoms with Crippen molar-refractivity contribution in [1.29, 1.82) is 0 Å². The topological polar surface area (TPSA) is 58.9 Å². The van der Waals surface area contributed by atoms with Crippen molar-refractivity contribution in [2.45, 2.75) is 13.0 Å². The molecule has 2 rings (SSSR count). The highest BCUT2D eigenvalue weighted by molar-refractivity contribution is 6.30. The third kappa shape index (κ3) is 4.61. The summed E-state index contributed by atoms with van der Waals surface area (Å²) in [6, 6.07) is 14.2. The number of carboxylic acid groups (broad SMARTS) is 1. The van der Waals surface area contributed by atoms with Crippen molar-refractivity contribution in [1.82, 2.24) is 0 Å². The third-order valence-electron chi connectivity index (χ3n) is 2.73. The standard InChI is InChI=1S/C16H14ClNO3/c1-11(16(19)20)21-15-8-2-12(3-9-15)10-18-14-6-4-13(17)5-7-14/h2-11H,1H3,(H,19,20)/t11-/m0/s1. The van der Waals surface area contributed by atoms with Gasteiger partial charge in [-0.05, 0) is 61.0 Å². The summed E-state index contributed by atoms with van der Waals surface area (Å²) >= 11 is 5.80. The molecule has 1 atom stereocenters. The predicted octanol–water partition coefficient (Wildman–Crippen LogP) is 3.94. The van der Waals surface area contributed by atoms with E-state index in [1.165, 1.54) is 6.92 Å². The fourth-order valence-corrected chi connectivity index (χ4v) is 1.69. The Balaban J connectivity index is 2.02. The Morgan fingerprint density at radius 1 is 1.19 bits per heavy atom. The van der Waals surface area contributed by atoms with E-state index in [1.54, 1.807) is 30.5 Å². The fourth-order valence-electron chi connectivity index (χ4n) is 1.56. The first-order chi connectivity index (χ1) is 10.0. The molecule has 21 heavy (non-hydrogen) atoms. The molecule has 2 aromatic rings. The Labute approximate surface area is 127 Å². The second kappa shape index (κ2) is 6.90. The fraction of sp³-hybridized carbons (Fsp3) is 0.125. The summed E-state index contributed by atoms with van der Waals surface area (Å²) in [6.45, 7) is 1.48. The first kappa shape index (κ1) is 15.1. The number of aliphatic carboxylic acids is 1. The number of hydrogen-bond acceptors (Lipinski definition) is 3. The van der Waals surface area contributed by atoms with Gasteiger partial charge in [0.2, 0.25) is 0 Å². The van der Waals surface area contributed by atoms with Crippen LogP contribution in [0.1, 0.15) is 12.5 Å². The molecule has 0 aliphatic carbocycles. The molecule has 1 N–H and O–H groups in total. The summed E-state index contributed by atoms with van der Waals surface area (Å²) in [4.78, 5) is 15.0. The van der Waals surface area contributed by atoms with Gasteiger partial charge >= 0.3 is 5.97 Å². The highest BCUT2D eigenvalue weighted by atomic mass is 35.5. The normalized spacial score (nSPS) is 12.3. The maximum absolute atomic E-state index is 10.7. The molecule has 4 nitrogen and oxygen atoms in total. The van der Waals surface area contributed by atoms with Gasteiger partial charge in [0.05, 0.1) is 5.69 Å². The number of aliphatic imine (C=N–C) groups is 1. The van der Waals surface area contributed by atoms with Crippen LogP contribution < -0.4 is 4.74 Å². The van der Waals surface area contributed by atoms with Crippen LogP contribution in [-0.4, -0.2) is 23.4 Å². The van der Waals surface area contributed by atoms with E-state index >= 15 is 0 Å². The molecule has 0 radical (unpaired) electrons. The van der Waals surface area contributed by atoms with E-state index in [0.717, 1.165) is 11.3 Å². The van der Waals surface area contributed by atoms with E-state index in [1.807, 2.05) is 24.3 Å². The highest BCUT2D eigenvalue weighted by Gasteiger charge is 2.11. The van der Waals surface area contributed by atoms with Gasteiger partial charge < -0.3 is 9.84 Å². The minimum Gasteiger partial charge on any atom is -0.479 e. The maximum Gasteiger partial charge on any atom is 0.344 e. The van der Waals surface area contributed by atoms with Crippen LogP contribution in [0, 0.1) is 0 Å². The van der Waals surface area contributed by atoms with Crippen molar-refractivity contribution in [2.24, 2.45) is 4.99 Å². The van der Waals surface area contributed by atoms with Crippen molar-refractivity contribution in [3.8, 4) is 5.75 Å². The first-order valence-electron chi connectivity index (χ1n) is 6.34. The van der Waals surface area contributed by atoms with E-state index < -0.39 is 12.1 Å². The van der Waals surface area contributed by atoms with Crippen molar-refractivity contribution in [3.05, 3.63) is 59.1 Å². The zero-order valence-corrected chi connectivity index (χ0v) is 12.1. The second-order valence-electron chi connectivity index (χ2n) is 4.40. The largest absolute Gasteiger partial charge is 0.479 e. The molecule has 0 amide bonds. The van der Waals surface area contributed by atoms with Crippen LogP contribution in [-0.2, 0) is 4.79 Å². The van der Waals surface area contributed by atoms with Gasteiger partial charge in [0, 0.05) is 11.2 Å². The molecule has 0 bridgehead atoms. The molecule has 0 unspecified atom stereocenters. The Kier molecular flexibility index (Phi) is 4.95. The van der Waals surface area contributed by atoms with Gasteiger partial charge in [0.25, 0.3) is 0 Å². The number of nitrogens with zero attached hydrogens (tertiary/aromatic N) is 1. The van der Waals surface area contributed by atoms with Crippen LogP contribution in [0.3, 0.4) is 0 Å². The molecule has 0 fully saturated rings. The van der Waals surface area contributed by atoms with Gasteiger partial charge in [-0.1, -0.05) is 11.6 Å².